The molecule has 0 spiro atoms. The summed E-state index contributed by atoms with van der Waals surface area (Å²) in [5, 5.41) is 3.33. The van der Waals surface area contributed by atoms with Gasteiger partial charge < -0.3 is 11.1 Å². The van der Waals surface area contributed by atoms with E-state index in [1.165, 1.54) is 11.3 Å². The fraction of sp³-hybridized carbons (Fsp3) is 0.417. The Morgan fingerprint density at radius 1 is 1.27 bits per heavy atom. The molecule has 3 N–H and O–H groups in total. The minimum absolute atomic E-state index is 0.117. The number of ketones is 1. The number of nitrogens with one attached hydrogen (secondary N) is 1. The Labute approximate surface area is 88.7 Å². The van der Waals surface area contributed by atoms with Crippen molar-refractivity contribution in [1.82, 2.24) is 0 Å². The van der Waals surface area contributed by atoms with Gasteiger partial charge in [-0.25, -0.2) is 0 Å². The van der Waals surface area contributed by atoms with E-state index in [9.17, 15) is 4.79 Å². The summed E-state index contributed by atoms with van der Waals surface area (Å²) in [6, 6.07) is 3.87. The van der Waals surface area contributed by atoms with Gasteiger partial charge in [-0.2, -0.15) is 0 Å². The molecule has 1 heterocycles. The molecule has 1 aliphatic carbocycles. The minimum Gasteiger partial charge on any atom is -0.384 e. The number of aryl methyl sites for hydroxylation is 1. The molecule has 15 heavy (non-hydrogen) atoms. The molecule has 0 aromatic heterocycles. The van der Waals surface area contributed by atoms with E-state index in [2.05, 4.69) is 11.4 Å². The topological polar surface area (TPSA) is 55.1 Å². The quantitative estimate of drug-likeness (QED) is 0.662. The zero-order valence-corrected chi connectivity index (χ0v) is 8.55. The third-order valence-electron chi connectivity index (χ3n) is 3.37. The molecule has 78 valence electrons. The predicted molar refractivity (Wildman–Crippen MR) is 59.3 cm³/mol. The molecule has 3 rings (SSSR count). The van der Waals surface area contributed by atoms with E-state index >= 15 is 0 Å². The van der Waals surface area contributed by atoms with Gasteiger partial charge in [-0.15, -0.1) is 0 Å². The predicted octanol–water partition coefficient (Wildman–Crippen LogP) is 1.11. The van der Waals surface area contributed by atoms with Crippen LogP contribution in [-0.4, -0.2) is 18.4 Å². The van der Waals surface area contributed by atoms with Gasteiger partial charge in [0.15, 0.2) is 5.78 Å². The van der Waals surface area contributed by atoms with Crippen molar-refractivity contribution in [1.29, 1.82) is 0 Å². The summed E-state index contributed by atoms with van der Waals surface area (Å²) >= 11 is 0. The molecule has 1 atom stereocenters. The lowest BCUT2D eigenvalue weighted by Crippen LogP contribution is -2.35. The van der Waals surface area contributed by atoms with Crippen LogP contribution in [-0.2, 0) is 12.8 Å². The standard InChI is InChI=1S/C12H14N2O/c13-10-2-1-7-6-11-8(3-4-14-11)5-9(7)12(10)15/h5-6,10,14H,1-4,13H2. The number of carbonyl (C=O) groups is 1. The van der Waals surface area contributed by atoms with Crippen LogP contribution < -0.4 is 11.1 Å². The monoisotopic (exact) mass is 202 g/mol. The fourth-order valence-corrected chi connectivity index (χ4v) is 2.47. The Morgan fingerprint density at radius 2 is 2.13 bits per heavy atom. The molecule has 0 bridgehead atoms. The summed E-state index contributed by atoms with van der Waals surface area (Å²) in [5.74, 6) is 0.117. The van der Waals surface area contributed by atoms with Gasteiger partial charge >= 0.3 is 0 Å². The van der Waals surface area contributed by atoms with Gasteiger partial charge in [0.1, 0.15) is 0 Å². The van der Waals surface area contributed by atoms with E-state index in [4.69, 9.17) is 5.73 Å². The third-order valence-corrected chi connectivity index (χ3v) is 3.37. The molecular formula is C12H14N2O. The van der Waals surface area contributed by atoms with Crippen LogP contribution in [0.4, 0.5) is 5.69 Å². The SMILES string of the molecule is NC1CCc2cc3c(cc2C1=O)CCN3. The highest BCUT2D eigenvalue weighted by Gasteiger charge is 2.26. The number of carbonyl (C=O) groups excluding carboxylic acids is 1. The lowest BCUT2D eigenvalue weighted by molar-refractivity contribution is 0.0948. The van der Waals surface area contributed by atoms with Gasteiger partial charge in [0, 0.05) is 17.8 Å². The van der Waals surface area contributed by atoms with Gasteiger partial charge in [0.2, 0.25) is 0 Å². The van der Waals surface area contributed by atoms with Crippen molar-refractivity contribution in [2.45, 2.75) is 25.3 Å². The normalized spacial score (nSPS) is 23.3. The van der Waals surface area contributed by atoms with E-state index in [1.807, 2.05) is 6.07 Å². The summed E-state index contributed by atoms with van der Waals surface area (Å²) in [6.45, 7) is 0.985. The van der Waals surface area contributed by atoms with Crippen molar-refractivity contribution >= 4 is 11.5 Å². The molecule has 1 aromatic carbocycles. The van der Waals surface area contributed by atoms with E-state index < -0.39 is 0 Å². The largest absolute Gasteiger partial charge is 0.384 e. The summed E-state index contributed by atoms with van der Waals surface area (Å²) in [7, 11) is 0. The van der Waals surface area contributed by atoms with Gasteiger partial charge in [-0.3, -0.25) is 4.79 Å². The number of hydrogen-bond donors (Lipinski definition) is 2. The van der Waals surface area contributed by atoms with Crippen LogP contribution in [0.5, 0.6) is 0 Å². The van der Waals surface area contributed by atoms with Crippen LogP contribution >= 0.6 is 0 Å². The van der Waals surface area contributed by atoms with Crippen molar-refractivity contribution in [3.05, 3.63) is 28.8 Å². The van der Waals surface area contributed by atoms with Crippen molar-refractivity contribution in [3.63, 3.8) is 0 Å². The van der Waals surface area contributed by atoms with Crippen molar-refractivity contribution in [2.24, 2.45) is 5.73 Å². The number of nitrogens with two attached hydrogens (primary N) is 1. The Kier molecular flexibility index (Phi) is 1.83. The van der Waals surface area contributed by atoms with Crippen LogP contribution in [0.3, 0.4) is 0 Å². The van der Waals surface area contributed by atoms with Gasteiger partial charge in [-0.05, 0) is 42.5 Å². The fourth-order valence-electron chi connectivity index (χ4n) is 2.47. The number of benzene rings is 1. The van der Waals surface area contributed by atoms with E-state index in [0.717, 1.165) is 36.9 Å². The second-order valence-electron chi connectivity index (χ2n) is 4.35. The average Bonchev–Trinajstić information content (AvgIpc) is 2.68. The molecule has 1 aliphatic heterocycles. The summed E-state index contributed by atoms with van der Waals surface area (Å²) < 4.78 is 0. The number of hydrogen-bond acceptors (Lipinski definition) is 3. The summed E-state index contributed by atoms with van der Waals surface area (Å²) in [6.07, 6.45) is 2.73. The maximum absolute atomic E-state index is 11.9. The van der Waals surface area contributed by atoms with Crippen molar-refractivity contribution in [2.75, 3.05) is 11.9 Å². The number of anilines is 1. The Hall–Kier alpha value is -1.35. The molecule has 0 radical (unpaired) electrons. The Morgan fingerprint density at radius 3 is 3.00 bits per heavy atom. The van der Waals surface area contributed by atoms with Crippen LogP contribution in [0.1, 0.15) is 27.9 Å². The second kappa shape index (κ2) is 3.07. The Balaban J connectivity index is 2.14. The maximum Gasteiger partial charge on any atom is 0.179 e. The van der Waals surface area contributed by atoms with E-state index in [0.29, 0.717) is 0 Å². The van der Waals surface area contributed by atoms with Gasteiger partial charge in [0.05, 0.1) is 6.04 Å². The highest BCUT2D eigenvalue weighted by atomic mass is 16.1. The Bertz CT molecular complexity index is 439. The van der Waals surface area contributed by atoms with Crippen molar-refractivity contribution < 1.29 is 4.79 Å². The van der Waals surface area contributed by atoms with Gasteiger partial charge in [0.25, 0.3) is 0 Å². The zero-order chi connectivity index (χ0) is 10.4. The summed E-state index contributed by atoms with van der Waals surface area (Å²) in [4.78, 5) is 11.9. The first-order chi connectivity index (χ1) is 7.25. The highest BCUT2D eigenvalue weighted by molar-refractivity contribution is 6.03. The molecule has 1 unspecified atom stereocenters. The maximum atomic E-state index is 11.9. The number of rotatable bonds is 0. The molecule has 3 nitrogen and oxygen atoms in total. The van der Waals surface area contributed by atoms with Crippen molar-refractivity contribution in [3.8, 4) is 0 Å². The lowest BCUT2D eigenvalue weighted by atomic mass is 9.86. The average molecular weight is 202 g/mol. The molecule has 0 saturated carbocycles. The van der Waals surface area contributed by atoms with E-state index in [-0.39, 0.29) is 11.8 Å². The van der Waals surface area contributed by atoms with Gasteiger partial charge in [-0.1, -0.05) is 0 Å². The molecule has 0 amide bonds. The first kappa shape index (κ1) is 8.92. The first-order valence-electron chi connectivity index (χ1n) is 5.45. The third kappa shape index (κ3) is 1.27. The lowest BCUT2D eigenvalue weighted by Gasteiger charge is -2.21. The number of fused-ring (bicyclic) bond motifs is 2. The molecule has 3 heteroatoms. The molecule has 0 fully saturated rings. The molecule has 2 aliphatic rings. The van der Waals surface area contributed by atoms with E-state index in [1.54, 1.807) is 0 Å². The highest BCUT2D eigenvalue weighted by Crippen LogP contribution is 2.30. The van der Waals surface area contributed by atoms with Crippen LogP contribution in [0.2, 0.25) is 0 Å². The molecule has 1 aromatic rings. The molecule has 0 saturated heterocycles. The van der Waals surface area contributed by atoms with Crippen LogP contribution in [0, 0.1) is 0 Å². The number of Topliss-reactive ketones (excluding diaryl/α,β-unsaturated/α-hetero) is 1. The smallest absolute Gasteiger partial charge is 0.179 e. The molecular weight excluding hydrogens is 188 g/mol. The van der Waals surface area contributed by atoms with Crippen LogP contribution in [0.25, 0.3) is 0 Å². The second-order valence-corrected chi connectivity index (χ2v) is 4.35. The first-order valence-corrected chi connectivity index (χ1v) is 5.45. The summed E-state index contributed by atoms with van der Waals surface area (Å²) in [5.41, 5.74) is 10.3. The minimum atomic E-state index is -0.287. The van der Waals surface area contributed by atoms with Crippen LogP contribution in [0.15, 0.2) is 12.1 Å². The zero-order valence-electron chi connectivity index (χ0n) is 8.55.